The highest BCUT2D eigenvalue weighted by Gasteiger charge is 2.26. The Balaban J connectivity index is 2.67. The van der Waals surface area contributed by atoms with Crippen molar-refractivity contribution in [2.24, 2.45) is 5.73 Å². The van der Waals surface area contributed by atoms with Crippen molar-refractivity contribution < 1.29 is 13.9 Å². The van der Waals surface area contributed by atoms with Gasteiger partial charge in [-0.2, -0.15) is 4.39 Å². The number of rotatable bonds is 0. The molecule has 13 heavy (non-hydrogen) atoms. The summed E-state index contributed by atoms with van der Waals surface area (Å²) in [5.41, 5.74) is 6.61. The lowest BCUT2D eigenvalue weighted by molar-refractivity contribution is 0.402. The van der Waals surface area contributed by atoms with Crippen LogP contribution in [-0.4, -0.2) is 5.11 Å². The molecular weight excluding hydrogens is 176 g/mol. The minimum Gasteiger partial charge on any atom is -0.505 e. The number of benzene rings is 1. The van der Waals surface area contributed by atoms with Crippen molar-refractivity contribution in [3.8, 4) is 5.75 Å². The van der Waals surface area contributed by atoms with Gasteiger partial charge in [-0.1, -0.05) is 0 Å². The number of halogens is 2. The Morgan fingerprint density at radius 2 is 2.15 bits per heavy atom. The summed E-state index contributed by atoms with van der Waals surface area (Å²) in [5.74, 6) is -2.79. The summed E-state index contributed by atoms with van der Waals surface area (Å²) in [6, 6.07) is 0.790. The maximum Gasteiger partial charge on any atom is 0.200 e. The van der Waals surface area contributed by atoms with Crippen molar-refractivity contribution >= 4 is 0 Å². The first-order valence-corrected chi connectivity index (χ1v) is 4.06. The van der Waals surface area contributed by atoms with Gasteiger partial charge in [0, 0.05) is 11.6 Å². The van der Waals surface area contributed by atoms with Gasteiger partial charge in [0.2, 0.25) is 5.82 Å². The van der Waals surface area contributed by atoms with Gasteiger partial charge in [-0.3, -0.25) is 0 Å². The largest absolute Gasteiger partial charge is 0.505 e. The minimum absolute atomic E-state index is 0.281. The van der Waals surface area contributed by atoms with Gasteiger partial charge >= 0.3 is 0 Å². The van der Waals surface area contributed by atoms with Crippen molar-refractivity contribution in [3.05, 3.63) is 28.8 Å². The number of phenolic OH excluding ortho intramolecular Hbond substituents is 1. The maximum absolute atomic E-state index is 12.8. The molecule has 1 aliphatic rings. The van der Waals surface area contributed by atoms with Gasteiger partial charge in [0.05, 0.1) is 0 Å². The number of aromatic hydroxyl groups is 1. The number of phenols is 1. The van der Waals surface area contributed by atoms with E-state index < -0.39 is 17.4 Å². The van der Waals surface area contributed by atoms with Gasteiger partial charge in [-0.15, -0.1) is 0 Å². The summed E-state index contributed by atoms with van der Waals surface area (Å²) in [6.45, 7) is 0. The highest BCUT2D eigenvalue weighted by atomic mass is 19.2. The zero-order chi connectivity index (χ0) is 9.59. The lowest BCUT2D eigenvalue weighted by atomic mass is 10.1. The molecule has 0 heterocycles. The molecule has 2 nitrogen and oxygen atoms in total. The van der Waals surface area contributed by atoms with Gasteiger partial charge in [0.1, 0.15) is 0 Å². The monoisotopic (exact) mass is 185 g/mol. The van der Waals surface area contributed by atoms with Crippen molar-refractivity contribution in [1.82, 2.24) is 0 Å². The van der Waals surface area contributed by atoms with E-state index in [9.17, 15) is 13.9 Å². The van der Waals surface area contributed by atoms with E-state index in [4.69, 9.17) is 5.73 Å². The van der Waals surface area contributed by atoms with E-state index in [0.717, 1.165) is 6.07 Å². The average Bonchev–Trinajstić information content (AvgIpc) is 2.45. The van der Waals surface area contributed by atoms with E-state index in [0.29, 0.717) is 24.0 Å². The molecule has 0 saturated heterocycles. The van der Waals surface area contributed by atoms with Crippen LogP contribution in [0.2, 0.25) is 0 Å². The molecule has 0 saturated carbocycles. The van der Waals surface area contributed by atoms with Crippen LogP contribution >= 0.6 is 0 Å². The van der Waals surface area contributed by atoms with E-state index in [1.165, 1.54) is 0 Å². The van der Waals surface area contributed by atoms with Crippen LogP contribution < -0.4 is 5.73 Å². The average molecular weight is 185 g/mol. The van der Waals surface area contributed by atoms with E-state index in [-0.39, 0.29) is 6.04 Å². The molecule has 4 heteroatoms. The molecule has 0 unspecified atom stereocenters. The Labute approximate surface area is 74.0 Å². The van der Waals surface area contributed by atoms with Crippen LogP contribution in [0.3, 0.4) is 0 Å². The molecule has 1 aromatic rings. The second-order valence-corrected chi connectivity index (χ2v) is 3.23. The Kier molecular flexibility index (Phi) is 1.73. The summed E-state index contributed by atoms with van der Waals surface area (Å²) in [4.78, 5) is 0. The third kappa shape index (κ3) is 1.09. The molecule has 2 rings (SSSR count). The van der Waals surface area contributed by atoms with E-state index in [1.54, 1.807) is 0 Å². The molecule has 1 aliphatic carbocycles. The Hall–Kier alpha value is -1.16. The third-order valence-electron chi connectivity index (χ3n) is 2.44. The molecule has 0 amide bonds. The SMILES string of the molecule is N[C@H]1CCc2c1cc(F)c(F)c2O. The maximum atomic E-state index is 12.8. The lowest BCUT2D eigenvalue weighted by Crippen LogP contribution is -2.06. The van der Waals surface area contributed by atoms with E-state index >= 15 is 0 Å². The van der Waals surface area contributed by atoms with Crippen LogP contribution in [-0.2, 0) is 6.42 Å². The second kappa shape index (κ2) is 2.67. The Morgan fingerprint density at radius 3 is 2.85 bits per heavy atom. The summed E-state index contributed by atoms with van der Waals surface area (Å²) in [7, 11) is 0. The number of hydrogen-bond acceptors (Lipinski definition) is 2. The molecule has 70 valence electrons. The van der Waals surface area contributed by atoms with Gasteiger partial charge in [0.15, 0.2) is 11.6 Å². The van der Waals surface area contributed by atoms with E-state index in [1.807, 2.05) is 0 Å². The zero-order valence-electron chi connectivity index (χ0n) is 6.85. The molecule has 0 spiro atoms. The molecule has 0 aromatic heterocycles. The zero-order valence-corrected chi connectivity index (χ0v) is 6.85. The predicted octanol–water partition coefficient (Wildman–Crippen LogP) is 1.62. The minimum atomic E-state index is -1.17. The van der Waals surface area contributed by atoms with Crippen molar-refractivity contribution in [2.75, 3.05) is 0 Å². The van der Waals surface area contributed by atoms with Gasteiger partial charge in [-0.25, -0.2) is 4.39 Å². The van der Waals surface area contributed by atoms with Crippen LogP contribution in [0, 0.1) is 11.6 Å². The number of nitrogens with two attached hydrogens (primary N) is 1. The molecule has 1 aromatic carbocycles. The standard InChI is InChI=1S/C9H9F2NO/c10-6-3-5-4(1-2-7(5)12)9(13)8(6)11/h3,7,13H,1-2,12H2/t7-/m0/s1. The molecule has 1 atom stereocenters. The fourth-order valence-corrected chi connectivity index (χ4v) is 1.72. The smallest absolute Gasteiger partial charge is 0.200 e. The van der Waals surface area contributed by atoms with Crippen LogP contribution in [0.4, 0.5) is 8.78 Å². The second-order valence-electron chi connectivity index (χ2n) is 3.23. The molecule has 0 aliphatic heterocycles. The van der Waals surface area contributed by atoms with Crippen LogP contribution in [0.5, 0.6) is 5.75 Å². The normalized spacial score (nSPS) is 20.4. The summed E-state index contributed by atoms with van der Waals surface area (Å²) < 4.78 is 25.7. The molecular formula is C9H9F2NO. The number of hydrogen-bond donors (Lipinski definition) is 2. The van der Waals surface area contributed by atoms with Gasteiger partial charge < -0.3 is 10.8 Å². The molecule has 3 N–H and O–H groups in total. The fourth-order valence-electron chi connectivity index (χ4n) is 1.72. The van der Waals surface area contributed by atoms with Gasteiger partial charge in [0.25, 0.3) is 0 Å². The predicted molar refractivity (Wildman–Crippen MR) is 43.3 cm³/mol. The lowest BCUT2D eigenvalue weighted by Gasteiger charge is -2.07. The first kappa shape index (κ1) is 8.44. The Morgan fingerprint density at radius 1 is 1.46 bits per heavy atom. The van der Waals surface area contributed by atoms with Crippen molar-refractivity contribution in [2.45, 2.75) is 18.9 Å². The Bertz CT molecular complexity index is 365. The topological polar surface area (TPSA) is 46.2 Å². The summed E-state index contributed by atoms with van der Waals surface area (Å²) in [5, 5.41) is 9.25. The highest BCUT2D eigenvalue weighted by molar-refractivity contribution is 5.45. The highest BCUT2D eigenvalue weighted by Crippen LogP contribution is 2.37. The van der Waals surface area contributed by atoms with Crippen LogP contribution in [0.25, 0.3) is 0 Å². The summed E-state index contributed by atoms with van der Waals surface area (Å²) >= 11 is 0. The third-order valence-corrected chi connectivity index (χ3v) is 2.44. The van der Waals surface area contributed by atoms with Gasteiger partial charge in [-0.05, 0) is 24.5 Å². The molecule has 0 fully saturated rings. The van der Waals surface area contributed by atoms with Crippen molar-refractivity contribution in [1.29, 1.82) is 0 Å². The first-order valence-electron chi connectivity index (χ1n) is 4.06. The molecule has 0 radical (unpaired) electrons. The molecule has 0 bridgehead atoms. The quantitative estimate of drug-likeness (QED) is 0.645. The fraction of sp³-hybridized carbons (Fsp3) is 0.333. The van der Waals surface area contributed by atoms with Crippen LogP contribution in [0.1, 0.15) is 23.6 Å². The first-order chi connectivity index (χ1) is 6.11. The number of fused-ring (bicyclic) bond motifs is 1. The van der Waals surface area contributed by atoms with Crippen LogP contribution in [0.15, 0.2) is 6.07 Å². The van der Waals surface area contributed by atoms with E-state index in [2.05, 4.69) is 0 Å². The van der Waals surface area contributed by atoms with Crippen molar-refractivity contribution in [3.63, 3.8) is 0 Å². The summed E-state index contributed by atoms with van der Waals surface area (Å²) in [6.07, 6.45) is 1.14.